The molecule has 1 amide bonds. The van der Waals surface area contributed by atoms with Gasteiger partial charge < -0.3 is 14.8 Å². The fourth-order valence-electron chi connectivity index (χ4n) is 3.90. The van der Waals surface area contributed by atoms with E-state index in [9.17, 15) is 13.2 Å². The lowest BCUT2D eigenvalue weighted by Gasteiger charge is -2.23. The molecule has 0 radical (unpaired) electrons. The lowest BCUT2D eigenvalue weighted by Crippen LogP contribution is -2.29. The predicted octanol–water partition coefficient (Wildman–Crippen LogP) is 5.01. The van der Waals surface area contributed by atoms with E-state index in [1.165, 1.54) is 10.6 Å². The summed E-state index contributed by atoms with van der Waals surface area (Å²) in [4.78, 5) is 12.5. The highest BCUT2D eigenvalue weighted by atomic mass is 32.2. The summed E-state index contributed by atoms with van der Waals surface area (Å²) in [5, 5.41) is 5.09. The van der Waals surface area contributed by atoms with Gasteiger partial charge in [-0.1, -0.05) is 42.5 Å². The Hall–Kier alpha value is -4.04. The molecule has 0 aliphatic heterocycles. The third kappa shape index (κ3) is 7.01. The average molecular weight is 519 g/mol. The van der Waals surface area contributed by atoms with Crippen LogP contribution in [0.2, 0.25) is 0 Å². The van der Waals surface area contributed by atoms with Gasteiger partial charge in [0.15, 0.2) is 0 Å². The summed E-state index contributed by atoms with van der Waals surface area (Å²) in [6, 6.07) is 27.8. The van der Waals surface area contributed by atoms with Crippen molar-refractivity contribution in [1.29, 1.82) is 0 Å². The Morgan fingerprint density at radius 3 is 2.19 bits per heavy atom. The molecular weight excluding hydrogens is 488 g/mol. The standard InChI is InChI=1S/C29H30N2O5S/c1-3-35-27-16-13-26(14-17-27)31(37(2,33)34)21-22-8-10-24(11-9-22)29(32)30-18-19-36-28-15-12-23-6-4-5-7-25(23)20-28/h4-17,20H,3,18-19,21H2,1-2H3,(H,30,32). The number of nitrogens with zero attached hydrogens (tertiary/aromatic N) is 1. The van der Waals surface area contributed by atoms with Crippen LogP contribution in [0.15, 0.2) is 91.0 Å². The Morgan fingerprint density at radius 1 is 0.838 bits per heavy atom. The summed E-state index contributed by atoms with van der Waals surface area (Å²) >= 11 is 0. The zero-order chi connectivity index (χ0) is 26.3. The summed E-state index contributed by atoms with van der Waals surface area (Å²) in [6.45, 7) is 3.27. The molecule has 0 atom stereocenters. The molecule has 0 heterocycles. The molecule has 192 valence electrons. The van der Waals surface area contributed by atoms with Gasteiger partial charge in [0.05, 0.1) is 31.6 Å². The molecule has 7 nitrogen and oxygen atoms in total. The number of amides is 1. The first-order chi connectivity index (χ1) is 17.8. The molecule has 0 unspecified atom stereocenters. The minimum absolute atomic E-state index is 0.147. The van der Waals surface area contributed by atoms with Gasteiger partial charge in [-0.2, -0.15) is 0 Å². The van der Waals surface area contributed by atoms with Gasteiger partial charge in [0.25, 0.3) is 5.91 Å². The molecule has 4 rings (SSSR count). The maximum atomic E-state index is 12.5. The van der Waals surface area contributed by atoms with E-state index in [4.69, 9.17) is 9.47 Å². The smallest absolute Gasteiger partial charge is 0.251 e. The molecule has 0 fully saturated rings. The van der Waals surface area contributed by atoms with Crippen LogP contribution >= 0.6 is 0 Å². The number of carbonyl (C=O) groups excluding carboxylic acids is 1. The largest absolute Gasteiger partial charge is 0.494 e. The molecule has 37 heavy (non-hydrogen) atoms. The van der Waals surface area contributed by atoms with Gasteiger partial charge in [0.2, 0.25) is 10.0 Å². The molecule has 8 heteroatoms. The Balaban J connectivity index is 1.31. The topological polar surface area (TPSA) is 84.9 Å². The number of ether oxygens (including phenoxy) is 2. The van der Waals surface area contributed by atoms with Crippen molar-refractivity contribution >= 4 is 32.4 Å². The predicted molar refractivity (Wildman–Crippen MR) is 147 cm³/mol. The first-order valence-corrected chi connectivity index (χ1v) is 13.9. The van der Waals surface area contributed by atoms with E-state index in [1.807, 2.05) is 49.4 Å². The van der Waals surface area contributed by atoms with Crippen molar-refractivity contribution in [2.75, 3.05) is 30.3 Å². The van der Waals surface area contributed by atoms with Crippen LogP contribution in [0.25, 0.3) is 10.8 Å². The van der Waals surface area contributed by atoms with Gasteiger partial charge in [-0.25, -0.2) is 8.42 Å². The van der Waals surface area contributed by atoms with E-state index < -0.39 is 10.0 Å². The van der Waals surface area contributed by atoms with E-state index in [-0.39, 0.29) is 12.5 Å². The van der Waals surface area contributed by atoms with Gasteiger partial charge in [0, 0.05) is 5.56 Å². The van der Waals surface area contributed by atoms with Crippen molar-refractivity contribution in [3.8, 4) is 11.5 Å². The molecule has 4 aromatic carbocycles. The maximum Gasteiger partial charge on any atom is 0.251 e. The molecule has 0 saturated carbocycles. The number of fused-ring (bicyclic) bond motifs is 1. The van der Waals surface area contributed by atoms with Crippen LogP contribution in [-0.2, 0) is 16.6 Å². The summed E-state index contributed by atoms with van der Waals surface area (Å²) in [7, 11) is -3.52. The minimum Gasteiger partial charge on any atom is -0.494 e. The number of hydrogen-bond acceptors (Lipinski definition) is 5. The highest BCUT2D eigenvalue weighted by Crippen LogP contribution is 2.24. The van der Waals surface area contributed by atoms with E-state index >= 15 is 0 Å². The summed E-state index contributed by atoms with van der Waals surface area (Å²) < 4.78 is 37.4. The second-order valence-corrected chi connectivity index (χ2v) is 10.4. The van der Waals surface area contributed by atoms with Crippen molar-refractivity contribution in [2.24, 2.45) is 0 Å². The number of benzene rings is 4. The van der Waals surface area contributed by atoms with E-state index in [1.54, 1.807) is 48.5 Å². The zero-order valence-electron chi connectivity index (χ0n) is 20.9. The fraction of sp³-hybridized carbons (Fsp3) is 0.207. The molecule has 0 aliphatic carbocycles. The van der Waals surface area contributed by atoms with Gasteiger partial charge in [0.1, 0.15) is 18.1 Å². The van der Waals surface area contributed by atoms with E-state index in [0.29, 0.717) is 36.8 Å². The van der Waals surface area contributed by atoms with Crippen LogP contribution in [0.4, 0.5) is 5.69 Å². The van der Waals surface area contributed by atoms with Crippen molar-refractivity contribution in [3.63, 3.8) is 0 Å². The fourth-order valence-corrected chi connectivity index (χ4v) is 4.78. The van der Waals surface area contributed by atoms with Crippen molar-refractivity contribution in [3.05, 3.63) is 102 Å². The molecule has 0 saturated heterocycles. The normalized spacial score (nSPS) is 11.2. The SMILES string of the molecule is CCOc1ccc(N(Cc2ccc(C(=O)NCCOc3ccc4ccccc4c3)cc2)S(C)(=O)=O)cc1. The highest BCUT2D eigenvalue weighted by molar-refractivity contribution is 7.92. The lowest BCUT2D eigenvalue weighted by molar-refractivity contribution is 0.0947. The average Bonchev–Trinajstić information content (AvgIpc) is 2.90. The number of hydrogen-bond donors (Lipinski definition) is 1. The van der Waals surface area contributed by atoms with Crippen LogP contribution in [0, 0.1) is 0 Å². The summed E-state index contributed by atoms with van der Waals surface area (Å²) in [5.41, 5.74) is 1.79. The number of rotatable bonds is 11. The second-order valence-electron chi connectivity index (χ2n) is 8.51. The van der Waals surface area contributed by atoms with Crippen molar-refractivity contribution in [1.82, 2.24) is 5.32 Å². The molecule has 4 aromatic rings. The third-order valence-corrected chi connectivity index (χ3v) is 6.90. The van der Waals surface area contributed by atoms with E-state index in [0.717, 1.165) is 22.1 Å². The molecule has 0 aromatic heterocycles. The first kappa shape index (κ1) is 26.0. The lowest BCUT2D eigenvalue weighted by atomic mass is 10.1. The molecule has 0 bridgehead atoms. The zero-order valence-corrected chi connectivity index (χ0v) is 21.7. The molecule has 1 N–H and O–H groups in total. The van der Waals surface area contributed by atoms with Gasteiger partial charge in [-0.3, -0.25) is 9.10 Å². The van der Waals surface area contributed by atoms with Crippen LogP contribution in [0.1, 0.15) is 22.8 Å². The Morgan fingerprint density at radius 2 is 1.51 bits per heavy atom. The Bertz CT molecular complexity index is 1450. The van der Waals surface area contributed by atoms with Crippen LogP contribution in [-0.4, -0.2) is 40.3 Å². The number of anilines is 1. The summed E-state index contributed by atoms with van der Waals surface area (Å²) in [5.74, 6) is 1.21. The minimum atomic E-state index is -3.52. The van der Waals surface area contributed by atoms with Gasteiger partial charge in [-0.05, 0) is 71.8 Å². The van der Waals surface area contributed by atoms with Gasteiger partial charge in [-0.15, -0.1) is 0 Å². The monoisotopic (exact) mass is 518 g/mol. The highest BCUT2D eigenvalue weighted by Gasteiger charge is 2.18. The number of nitrogens with one attached hydrogen (secondary N) is 1. The molecule has 0 spiro atoms. The second kappa shape index (κ2) is 11.8. The Kier molecular flexibility index (Phi) is 8.30. The van der Waals surface area contributed by atoms with Crippen LogP contribution in [0.3, 0.4) is 0 Å². The molecule has 0 aliphatic rings. The summed E-state index contributed by atoms with van der Waals surface area (Å²) in [6.07, 6.45) is 1.17. The van der Waals surface area contributed by atoms with E-state index in [2.05, 4.69) is 5.32 Å². The van der Waals surface area contributed by atoms with Crippen molar-refractivity contribution in [2.45, 2.75) is 13.5 Å². The number of carbonyl (C=O) groups is 1. The van der Waals surface area contributed by atoms with Gasteiger partial charge >= 0.3 is 0 Å². The van der Waals surface area contributed by atoms with Crippen molar-refractivity contribution < 1.29 is 22.7 Å². The maximum absolute atomic E-state index is 12.5. The quantitative estimate of drug-likeness (QED) is 0.282. The first-order valence-electron chi connectivity index (χ1n) is 12.0. The van der Waals surface area contributed by atoms with Crippen LogP contribution in [0.5, 0.6) is 11.5 Å². The van der Waals surface area contributed by atoms with Crippen LogP contribution < -0.4 is 19.1 Å². The number of sulfonamides is 1. The molecular formula is C29H30N2O5S. The third-order valence-electron chi connectivity index (χ3n) is 5.76. The Labute approximate surface area is 217 Å².